The number of rotatable bonds is 7. The minimum absolute atomic E-state index is 0.0201. The van der Waals surface area contributed by atoms with E-state index in [0.29, 0.717) is 13.1 Å². The van der Waals surface area contributed by atoms with Crippen LogP contribution in [0, 0.1) is 0 Å². The summed E-state index contributed by atoms with van der Waals surface area (Å²) in [6.45, 7) is 7.94. The zero-order valence-electron chi connectivity index (χ0n) is 15.1. The molecule has 0 radical (unpaired) electrons. The number of nitrogens with zero attached hydrogens (tertiary/aromatic N) is 2. The number of ether oxygens (including phenoxy) is 1. The number of hydrogen-bond acceptors (Lipinski definition) is 5. The number of hydrogen-bond donors (Lipinski definition) is 2. The molecule has 0 aromatic carbocycles. The SMILES string of the molecule is C[C@@H]1CN(CCNC(=O)NC[C@H](c2ccco2)N(C)C)C[C@H](C)O1. The average Bonchev–Trinajstić information content (AvgIpc) is 3.00. The van der Waals surface area contributed by atoms with Crippen LogP contribution in [0.5, 0.6) is 0 Å². The summed E-state index contributed by atoms with van der Waals surface area (Å²) in [5, 5.41) is 5.83. The zero-order chi connectivity index (χ0) is 17.5. The molecule has 2 amide bonds. The summed E-state index contributed by atoms with van der Waals surface area (Å²) in [6, 6.07) is 3.65. The standard InChI is InChI=1S/C17H30N4O3/c1-13-11-21(12-14(2)24-13)8-7-18-17(22)19-10-15(20(3)4)16-6-5-9-23-16/h5-6,9,13-15H,7-8,10-12H2,1-4H3,(H2,18,19,22)/t13-,14+,15-/m1/s1. The van der Waals surface area contributed by atoms with Gasteiger partial charge < -0.3 is 19.8 Å². The van der Waals surface area contributed by atoms with Crippen LogP contribution < -0.4 is 10.6 Å². The van der Waals surface area contributed by atoms with Crippen LogP contribution >= 0.6 is 0 Å². The fourth-order valence-electron chi connectivity index (χ4n) is 3.06. The maximum atomic E-state index is 12.0. The topological polar surface area (TPSA) is 70.0 Å². The van der Waals surface area contributed by atoms with Gasteiger partial charge in [0.1, 0.15) is 5.76 Å². The molecule has 0 bridgehead atoms. The number of morpholine rings is 1. The van der Waals surface area contributed by atoms with Crippen LogP contribution in [0.15, 0.2) is 22.8 Å². The first-order valence-electron chi connectivity index (χ1n) is 8.55. The van der Waals surface area contributed by atoms with Crippen molar-refractivity contribution < 1.29 is 13.9 Å². The van der Waals surface area contributed by atoms with Gasteiger partial charge >= 0.3 is 6.03 Å². The largest absolute Gasteiger partial charge is 0.468 e. The summed E-state index contributed by atoms with van der Waals surface area (Å²) < 4.78 is 11.1. The summed E-state index contributed by atoms with van der Waals surface area (Å²) in [4.78, 5) is 16.3. The van der Waals surface area contributed by atoms with Gasteiger partial charge in [-0.2, -0.15) is 0 Å². The van der Waals surface area contributed by atoms with E-state index in [4.69, 9.17) is 9.15 Å². The van der Waals surface area contributed by atoms with Crippen LogP contribution in [0.4, 0.5) is 4.79 Å². The van der Waals surface area contributed by atoms with Crippen molar-refractivity contribution in [2.75, 3.05) is 46.8 Å². The molecule has 7 heteroatoms. The van der Waals surface area contributed by atoms with Crippen molar-refractivity contribution in [1.29, 1.82) is 0 Å². The maximum Gasteiger partial charge on any atom is 0.314 e. The van der Waals surface area contributed by atoms with Crippen molar-refractivity contribution in [3.05, 3.63) is 24.2 Å². The predicted octanol–water partition coefficient (Wildman–Crippen LogP) is 1.29. The molecule has 2 rings (SSSR count). The lowest BCUT2D eigenvalue weighted by Crippen LogP contribution is -2.49. The Hall–Kier alpha value is -1.57. The summed E-state index contributed by atoms with van der Waals surface area (Å²) in [5.41, 5.74) is 0. The molecular weight excluding hydrogens is 308 g/mol. The van der Waals surface area contributed by atoms with Gasteiger partial charge in [-0.1, -0.05) is 0 Å². The molecule has 3 atom stereocenters. The Labute approximate surface area is 144 Å². The molecule has 136 valence electrons. The molecular formula is C17H30N4O3. The van der Waals surface area contributed by atoms with Crippen LogP contribution in [0.1, 0.15) is 25.6 Å². The lowest BCUT2D eigenvalue weighted by atomic mass is 10.2. The van der Waals surface area contributed by atoms with E-state index in [1.165, 1.54) is 0 Å². The van der Waals surface area contributed by atoms with Crippen LogP contribution in [0.25, 0.3) is 0 Å². The Morgan fingerprint density at radius 3 is 2.62 bits per heavy atom. The maximum absolute atomic E-state index is 12.0. The van der Waals surface area contributed by atoms with E-state index in [1.807, 2.05) is 31.1 Å². The molecule has 24 heavy (non-hydrogen) atoms. The van der Waals surface area contributed by atoms with Gasteiger partial charge in [0, 0.05) is 32.7 Å². The van der Waals surface area contributed by atoms with Gasteiger partial charge in [0.15, 0.2) is 0 Å². The number of furan rings is 1. The molecule has 1 fully saturated rings. The van der Waals surface area contributed by atoms with Gasteiger partial charge in [0.05, 0.1) is 24.5 Å². The molecule has 1 aliphatic heterocycles. The van der Waals surface area contributed by atoms with E-state index in [-0.39, 0.29) is 24.3 Å². The Kier molecular flexibility index (Phi) is 7.08. The van der Waals surface area contributed by atoms with E-state index in [1.54, 1.807) is 6.26 Å². The number of likely N-dealkylation sites (N-methyl/N-ethyl adjacent to an activating group) is 1. The quantitative estimate of drug-likeness (QED) is 0.784. The monoisotopic (exact) mass is 338 g/mol. The number of carbonyl (C=O) groups excluding carboxylic acids is 1. The number of carbonyl (C=O) groups is 1. The summed E-state index contributed by atoms with van der Waals surface area (Å²) >= 11 is 0. The fourth-order valence-corrected chi connectivity index (χ4v) is 3.06. The highest BCUT2D eigenvalue weighted by Crippen LogP contribution is 2.17. The van der Waals surface area contributed by atoms with E-state index in [9.17, 15) is 4.79 Å². The third-order valence-electron chi connectivity index (χ3n) is 4.16. The first kappa shape index (κ1) is 18.8. The molecule has 0 unspecified atom stereocenters. The van der Waals surface area contributed by atoms with Gasteiger partial charge in [0.25, 0.3) is 0 Å². The van der Waals surface area contributed by atoms with Crippen molar-refractivity contribution in [2.24, 2.45) is 0 Å². The highest BCUT2D eigenvalue weighted by Gasteiger charge is 2.22. The van der Waals surface area contributed by atoms with E-state index >= 15 is 0 Å². The summed E-state index contributed by atoms with van der Waals surface area (Å²) in [5.74, 6) is 0.844. The van der Waals surface area contributed by atoms with Gasteiger partial charge in [-0.05, 0) is 40.1 Å². The molecule has 2 heterocycles. The molecule has 7 nitrogen and oxygen atoms in total. The summed E-state index contributed by atoms with van der Waals surface area (Å²) in [7, 11) is 3.93. The van der Waals surface area contributed by atoms with Gasteiger partial charge in [-0.15, -0.1) is 0 Å². The lowest BCUT2D eigenvalue weighted by molar-refractivity contribution is -0.0672. The molecule has 0 saturated carbocycles. The minimum atomic E-state index is -0.150. The zero-order valence-corrected chi connectivity index (χ0v) is 15.1. The highest BCUT2D eigenvalue weighted by molar-refractivity contribution is 5.73. The van der Waals surface area contributed by atoms with E-state index in [2.05, 4.69) is 29.4 Å². The van der Waals surface area contributed by atoms with Crippen LogP contribution in [-0.2, 0) is 4.74 Å². The molecule has 1 aromatic heterocycles. The lowest BCUT2D eigenvalue weighted by Gasteiger charge is -2.35. The summed E-state index contributed by atoms with van der Waals surface area (Å²) in [6.07, 6.45) is 2.14. The van der Waals surface area contributed by atoms with Crippen molar-refractivity contribution in [1.82, 2.24) is 20.4 Å². The normalized spacial score (nSPS) is 23.2. The van der Waals surface area contributed by atoms with E-state index < -0.39 is 0 Å². The van der Waals surface area contributed by atoms with Crippen molar-refractivity contribution in [3.63, 3.8) is 0 Å². The Morgan fingerprint density at radius 2 is 2.04 bits per heavy atom. The molecule has 2 N–H and O–H groups in total. The van der Waals surface area contributed by atoms with Gasteiger partial charge in [0.2, 0.25) is 0 Å². The second-order valence-corrected chi connectivity index (χ2v) is 6.65. The molecule has 1 saturated heterocycles. The van der Waals surface area contributed by atoms with Crippen LogP contribution in [0.3, 0.4) is 0 Å². The Morgan fingerprint density at radius 1 is 1.33 bits per heavy atom. The number of nitrogens with one attached hydrogen (secondary N) is 2. The second kappa shape index (κ2) is 9.05. The van der Waals surface area contributed by atoms with Gasteiger partial charge in [-0.25, -0.2) is 4.79 Å². The third kappa shape index (κ3) is 5.81. The van der Waals surface area contributed by atoms with Gasteiger partial charge in [-0.3, -0.25) is 9.80 Å². The molecule has 0 aliphatic carbocycles. The Balaban J connectivity index is 1.67. The van der Waals surface area contributed by atoms with Crippen molar-refractivity contribution >= 4 is 6.03 Å². The molecule has 1 aliphatic rings. The third-order valence-corrected chi connectivity index (χ3v) is 4.16. The minimum Gasteiger partial charge on any atom is -0.468 e. The average molecular weight is 338 g/mol. The smallest absolute Gasteiger partial charge is 0.314 e. The first-order valence-corrected chi connectivity index (χ1v) is 8.55. The second-order valence-electron chi connectivity index (χ2n) is 6.65. The predicted molar refractivity (Wildman–Crippen MR) is 93.0 cm³/mol. The van der Waals surface area contributed by atoms with E-state index in [0.717, 1.165) is 25.4 Å². The fraction of sp³-hybridized carbons (Fsp3) is 0.706. The number of urea groups is 1. The van der Waals surface area contributed by atoms with Crippen molar-refractivity contribution in [3.8, 4) is 0 Å². The number of amides is 2. The molecule has 1 aromatic rings. The van der Waals surface area contributed by atoms with Crippen LogP contribution in [0.2, 0.25) is 0 Å². The van der Waals surface area contributed by atoms with Crippen LogP contribution in [-0.4, -0.2) is 74.9 Å². The highest BCUT2D eigenvalue weighted by atomic mass is 16.5. The van der Waals surface area contributed by atoms with Crippen molar-refractivity contribution in [2.45, 2.75) is 32.1 Å². The first-order chi connectivity index (χ1) is 11.5. The Bertz CT molecular complexity index is 482. The molecule has 0 spiro atoms.